The van der Waals surface area contributed by atoms with Gasteiger partial charge in [0.15, 0.2) is 0 Å². The van der Waals surface area contributed by atoms with Crippen LogP contribution in [0, 0.1) is 5.82 Å². The molecule has 0 aromatic heterocycles. The van der Waals surface area contributed by atoms with E-state index >= 15 is 0 Å². The third-order valence-electron chi connectivity index (χ3n) is 7.02. The van der Waals surface area contributed by atoms with Gasteiger partial charge in [0.25, 0.3) is 0 Å². The number of carbonyl (C=O) groups is 1. The maximum Gasteiger partial charge on any atom is 0.303 e. The molecule has 0 unspecified atom stereocenters. The molecule has 3 rings (SSSR count). The predicted molar refractivity (Wildman–Crippen MR) is 160 cm³/mol. The number of β-amino-alcohol motifs (C(OH)–C–C–N with tert-alkyl or cyclic N) is 1. The number of sulfonamides is 1. The van der Waals surface area contributed by atoms with E-state index < -0.39 is 27.9 Å². The van der Waals surface area contributed by atoms with Crippen molar-refractivity contribution in [3.05, 3.63) is 88.7 Å². The predicted octanol–water partition coefficient (Wildman–Crippen LogP) is 5.54. The first-order chi connectivity index (χ1) is 19.3. The lowest BCUT2D eigenvalue weighted by molar-refractivity contribution is -0.136. The van der Waals surface area contributed by atoms with Crippen molar-refractivity contribution in [1.82, 2.24) is 9.62 Å². The van der Waals surface area contributed by atoms with E-state index in [0.29, 0.717) is 5.56 Å². The number of benzene rings is 3. The Balaban J connectivity index is 1.63. The number of likely N-dealkylation sites (N-methyl/N-ethyl adjacent to an activating group) is 1. The van der Waals surface area contributed by atoms with Crippen molar-refractivity contribution in [3.63, 3.8) is 0 Å². The van der Waals surface area contributed by atoms with Crippen LogP contribution in [0.2, 0.25) is 5.02 Å². The number of aliphatic carboxylic acids is 1. The quantitative estimate of drug-likeness (QED) is 0.210. The summed E-state index contributed by atoms with van der Waals surface area (Å²) in [6.45, 7) is 4.18. The Hall–Kier alpha value is -2.82. The molecule has 0 aliphatic rings. The zero-order valence-electron chi connectivity index (χ0n) is 23.6. The monoisotopic (exact) mass is 604 g/mol. The molecule has 3 aromatic rings. The molecule has 0 aliphatic heterocycles. The van der Waals surface area contributed by atoms with Crippen LogP contribution in [-0.2, 0) is 27.7 Å². The summed E-state index contributed by atoms with van der Waals surface area (Å²) in [4.78, 5) is 10.9. The third kappa shape index (κ3) is 9.34. The van der Waals surface area contributed by atoms with Crippen molar-refractivity contribution in [2.75, 3.05) is 20.1 Å². The van der Waals surface area contributed by atoms with Crippen LogP contribution in [-0.4, -0.2) is 60.7 Å². The summed E-state index contributed by atoms with van der Waals surface area (Å²) in [5, 5.41) is 23.0. The second-order valence-electron chi connectivity index (χ2n) is 10.9. The van der Waals surface area contributed by atoms with Gasteiger partial charge in [-0.1, -0.05) is 60.1 Å². The molecule has 0 heterocycles. The highest BCUT2D eigenvalue weighted by Crippen LogP contribution is 2.35. The summed E-state index contributed by atoms with van der Waals surface area (Å²) in [5.74, 6) is -1.60. The smallest absolute Gasteiger partial charge is 0.303 e. The van der Waals surface area contributed by atoms with E-state index in [4.69, 9.17) is 16.7 Å². The largest absolute Gasteiger partial charge is 0.481 e. The number of hydrogen-bond donors (Lipinski definition) is 3. The van der Waals surface area contributed by atoms with E-state index in [-0.39, 0.29) is 52.5 Å². The SMILES string of the molecule is CN(C[C@H](O)CNC(C)(C)CCCc1ccccc1)S(=O)(=O)c1ccc(-c2c(F)cccc2CCC(=O)O)c(Cl)c1. The van der Waals surface area contributed by atoms with Crippen molar-refractivity contribution >= 4 is 27.6 Å². The van der Waals surface area contributed by atoms with Gasteiger partial charge in [-0.2, -0.15) is 4.31 Å². The van der Waals surface area contributed by atoms with Gasteiger partial charge in [0, 0.05) is 48.2 Å². The molecule has 41 heavy (non-hydrogen) atoms. The average Bonchev–Trinajstić information content (AvgIpc) is 2.91. The molecular weight excluding hydrogens is 567 g/mol. The van der Waals surface area contributed by atoms with E-state index in [0.717, 1.165) is 23.6 Å². The van der Waals surface area contributed by atoms with Gasteiger partial charge in [-0.15, -0.1) is 0 Å². The molecular formula is C31H38ClFN2O5S. The standard InChI is InChI=1S/C31H38ClFN2O5S/c1-31(2,18-8-11-22-9-5-4-6-10-22)34-20-24(36)21-35(3)41(39,40)25-15-16-26(27(32)19-25)30-23(14-17-29(37)38)12-7-13-28(30)33/h4-7,9-10,12-13,15-16,19,24,34,36H,8,11,14,17-18,20-21H2,1-3H3,(H,37,38)/t24-/m1/s1. The number of nitrogens with zero attached hydrogens (tertiary/aromatic N) is 1. The van der Waals surface area contributed by atoms with Gasteiger partial charge in [0.2, 0.25) is 10.0 Å². The number of aliphatic hydroxyl groups excluding tert-OH is 1. The lowest BCUT2D eigenvalue weighted by Gasteiger charge is -2.29. The van der Waals surface area contributed by atoms with Gasteiger partial charge in [-0.25, -0.2) is 12.8 Å². The lowest BCUT2D eigenvalue weighted by atomic mass is 9.95. The Labute approximate surface area is 247 Å². The molecule has 0 saturated carbocycles. The number of halogens is 2. The number of carboxylic acids is 1. The topological polar surface area (TPSA) is 107 Å². The minimum Gasteiger partial charge on any atom is -0.481 e. The highest BCUT2D eigenvalue weighted by Gasteiger charge is 2.26. The Morgan fingerprint density at radius 2 is 1.78 bits per heavy atom. The fourth-order valence-electron chi connectivity index (χ4n) is 4.68. The van der Waals surface area contributed by atoms with E-state index in [2.05, 4.69) is 31.3 Å². The van der Waals surface area contributed by atoms with Crippen molar-refractivity contribution in [2.45, 2.75) is 62.5 Å². The fraction of sp³-hybridized carbons (Fsp3) is 0.387. The third-order valence-corrected chi connectivity index (χ3v) is 9.15. The first-order valence-corrected chi connectivity index (χ1v) is 15.3. The van der Waals surface area contributed by atoms with Crippen LogP contribution in [0.4, 0.5) is 4.39 Å². The maximum absolute atomic E-state index is 14.8. The molecule has 1 atom stereocenters. The number of nitrogens with one attached hydrogen (secondary N) is 1. The summed E-state index contributed by atoms with van der Waals surface area (Å²) in [6, 6.07) is 18.6. The first-order valence-electron chi connectivity index (χ1n) is 13.5. The molecule has 0 fully saturated rings. The molecule has 0 amide bonds. The number of aryl methyl sites for hydroxylation is 2. The normalized spacial score (nSPS) is 13.0. The van der Waals surface area contributed by atoms with Crippen molar-refractivity contribution in [1.29, 1.82) is 0 Å². The van der Waals surface area contributed by atoms with Crippen LogP contribution in [0.1, 0.15) is 44.2 Å². The molecule has 0 radical (unpaired) electrons. The highest BCUT2D eigenvalue weighted by molar-refractivity contribution is 7.89. The van der Waals surface area contributed by atoms with E-state index in [1.165, 1.54) is 42.9 Å². The Bertz CT molecular complexity index is 1430. The Kier molecular flexibility index (Phi) is 11.5. The van der Waals surface area contributed by atoms with Crippen molar-refractivity contribution < 1.29 is 27.8 Å². The Morgan fingerprint density at radius 3 is 2.44 bits per heavy atom. The fourth-order valence-corrected chi connectivity index (χ4v) is 6.26. The van der Waals surface area contributed by atoms with Crippen LogP contribution in [0.15, 0.2) is 71.6 Å². The van der Waals surface area contributed by atoms with Gasteiger partial charge in [0.1, 0.15) is 5.82 Å². The zero-order valence-corrected chi connectivity index (χ0v) is 25.2. The molecule has 0 bridgehead atoms. The van der Waals surface area contributed by atoms with Crippen molar-refractivity contribution in [2.24, 2.45) is 0 Å². The van der Waals surface area contributed by atoms with Gasteiger partial charge in [-0.3, -0.25) is 4.79 Å². The molecule has 222 valence electrons. The number of carboxylic acid groups (broad SMARTS) is 1. The second kappa shape index (κ2) is 14.4. The van der Waals surface area contributed by atoms with Gasteiger partial charge < -0.3 is 15.5 Å². The van der Waals surface area contributed by atoms with E-state index in [1.807, 2.05) is 18.2 Å². The van der Waals surface area contributed by atoms with E-state index in [1.54, 1.807) is 6.07 Å². The number of hydrogen-bond acceptors (Lipinski definition) is 5. The summed E-state index contributed by atoms with van der Waals surface area (Å²) in [5.41, 5.74) is 1.90. The molecule has 0 spiro atoms. The molecule has 0 aliphatic carbocycles. The van der Waals surface area contributed by atoms with Crippen LogP contribution in [0.25, 0.3) is 11.1 Å². The number of rotatable bonds is 15. The minimum atomic E-state index is -4.01. The van der Waals surface area contributed by atoms with Crippen molar-refractivity contribution in [3.8, 4) is 11.1 Å². The summed E-state index contributed by atoms with van der Waals surface area (Å²) in [6.07, 6.45) is 1.77. The number of aliphatic hydroxyl groups is 1. The second-order valence-corrected chi connectivity index (χ2v) is 13.3. The molecule has 7 nitrogen and oxygen atoms in total. The van der Waals surface area contributed by atoms with Gasteiger partial charge in [-0.05, 0) is 68.9 Å². The van der Waals surface area contributed by atoms with Crippen LogP contribution >= 0.6 is 11.6 Å². The molecule has 3 aromatic carbocycles. The van der Waals surface area contributed by atoms with Gasteiger partial charge >= 0.3 is 5.97 Å². The minimum absolute atomic E-state index is 0.0145. The highest BCUT2D eigenvalue weighted by atomic mass is 35.5. The maximum atomic E-state index is 14.8. The van der Waals surface area contributed by atoms with Crippen LogP contribution in [0.5, 0.6) is 0 Å². The summed E-state index contributed by atoms with van der Waals surface area (Å²) >= 11 is 6.44. The van der Waals surface area contributed by atoms with Gasteiger partial charge in [0.05, 0.1) is 11.0 Å². The van der Waals surface area contributed by atoms with Crippen LogP contribution in [0.3, 0.4) is 0 Å². The Morgan fingerprint density at radius 1 is 1.07 bits per heavy atom. The van der Waals surface area contributed by atoms with E-state index in [9.17, 15) is 22.7 Å². The zero-order chi connectivity index (χ0) is 30.2. The average molecular weight is 605 g/mol. The first kappa shape index (κ1) is 32.7. The molecule has 0 saturated heterocycles. The van der Waals surface area contributed by atoms with Crippen LogP contribution < -0.4 is 5.32 Å². The molecule has 10 heteroatoms. The summed E-state index contributed by atoms with van der Waals surface area (Å²) < 4.78 is 42.4. The molecule has 3 N–H and O–H groups in total. The lowest BCUT2D eigenvalue weighted by Crippen LogP contribution is -2.46. The summed E-state index contributed by atoms with van der Waals surface area (Å²) in [7, 11) is -2.62.